The normalized spacial score (nSPS) is 19.2. The Labute approximate surface area is 118 Å². The van der Waals surface area contributed by atoms with Crippen LogP contribution in [0.15, 0.2) is 12.1 Å². The predicted molar refractivity (Wildman–Crippen MR) is 79.0 cm³/mol. The summed E-state index contributed by atoms with van der Waals surface area (Å²) in [6.45, 7) is 2.66. The van der Waals surface area contributed by atoms with Gasteiger partial charge in [-0.2, -0.15) is 0 Å². The largest absolute Gasteiger partial charge is 0.389 e. The molecule has 1 amide bonds. The Bertz CT molecular complexity index is 517. The molecule has 0 spiro atoms. The number of aromatic nitrogens is 1. The van der Waals surface area contributed by atoms with Crippen LogP contribution in [0.5, 0.6) is 0 Å². The number of thiocarbonyl (C=S) groups is 1. The van der Waals surface area contributed by atoms with E-state index in [4.69, 9.17) is 23.7 Å². The Hall–Kier alpha value is -1.69. The van der Waals surface area contributed by atoms with Crippen LogP contribution in [-0.2, 0) is 4.79 Å². The quantitative estimate of drug-likeness (QED) is 0.801. The molecule has 2 rings (SSSR count). The lowest BCUT2D eigenvalue weighted by Crippen LogP contribution is -2.48. The van der Waals surface area contributed by atoms with Gasteiger partial charge in [0.05, 0.1) is 0 Å². The second kappa shape index (κ2) is 5.52. The van der Waals surface area contributed by atoms with Crippen LogP contribution in [0.3, 0.4) is 0 Å². The van der Waals surface area contributed by atoms with E-state index >= 15 is 0 Å². The van der Waals surface area contributed by atoms with E-state index in [0.717, 1.165) is 42.9 Å². The number of piperidine rings is 1. The van der Waals surface area contributed by atoms with Gasteiger partial charge in [0.25, 0.3) is 0 Å². The molecule has 102 valence electrons. The summed E-state index contributed by atoms with van der Waals surface area (Å²) in [5.41, 5.74) is 12.7. The smallest absolute Gasteiger partial charge is 0.240 e. The van der Waals surface area contributed by atoms with Gasteiger partial charge in [-0.25, -0.2) is 4.98 Å². The Morgan fingerprint density at radius 2 is 2.16 bits per heavy atom. The second-order valence-corrected chi connectivity index (χ2v) is 5.27. The molecule has 0 saturated carbocycles. The molecule has 1 aliphatic heterocycles. The molecule has 0 bridgehead atoms. The third kappa shape index (κ3) is 3.01. The van der Waals surface area contributed by atoms with Crippen molar-refractivity contribution in [3.05, 3.63) is 23.4 Å². The Balaban J connectivity index is 2.38. The molecule has 0 radical (unpaired) electrons. The summed E-state index contributed by atoms with van der Waals surface area (Å²) in [6.07, 6.45) is 2.81. The van der Waals surface area contributed by atoms with E-state index in [2.05, 4.69) is 4.98 Å². The van der Waals surface area contributed by atoms with E-state index < -0.39 is 0 Å². The van der Waals surface area contributed by atoms with Gasteiger partial charge in [0, 0.05) is 17.8 Å². The lowest BCUT2D eigenvalue weighted by Gasteiger charge is -2.34. The third-order valence-corrected chi connectivity index (χ3v) is 3.59. The van der Waals surface area contributed by atoms with Crippen molar-refractivity contribution in [1.82, 2.24) is 4.98 Å². The zero-order valence-electron chi connectivity index (χ0n) is 10.9. The lowest BCUT2D eigenvalue weighted by atomic mass is 10.0. The van der Waals surface area contributed by atoms with Crippen molar-refractivity contribution >= 4 is 28.9 Å². The number of carbonyl (C=O) groups excluding carboxylic acids is 1. The molecular formula is C13H18N4OS. The number of hydrogen-bond donors (Lipinski definition) is 2. The topological polar surface area (TPSA) is 85.2 Å². The molecule has 1 unspecified atom stereocenters. The van der Waals surface area contributed by atoms with E-state index in [9.17, 15) is 4.79 Å². The van der Waals surface area contributed by atoms with Crippen LogP contribution in [0.1, 0.15) is 30.5 Å². The van der Waals surface area contributed by atoms with Crippen molar-refractivity contribution in [3.8, 4) is 0 Å². The average molecular weight is 278 g/mol. The minimum Gasteiger partial charge on any atom is -0.389 e. The molecule has 1 aliphatic rings. The van der Waals surface area contributed by atoms with Crippen LogP contribution >= 0.6 is 12.2 Å². The Morgan fingerprint density at radius 1 is 1.42 bits per heavy atom. The highest BCUT2D eigenvalue weighted by Crippen LogP contribution is 2.24. The van der Waals surface area contributed by atoms with Crippen LogP contribution in [0.25, 0.3) is 0 Å². The molecule has 1 aromatic rings. The van der Waals surface area contributed by atoms with Crippen molar-refractivity contribution in [2.24, 2.45) is 11.5 Å². The van der Waals surface area contributed by atoms with E-state index in [-0.39, 0.29) is 11.9 Å². The summed E-state index contributed by atoms with van der Waals surface area (Å²) in [5, 5.41) is 0. The van der Waals surface area contributed by atoms with Crippen molar-refractivity contribution in [2.75, 3.05) is 11.4 Å². The van der Waals surface area contributed by atoms with Crippen LogP contribution < -0.4 is 16.4 Å². The number of rotatable bonds is 3. The molecule has 0 aliphatic carbocycles. The fraction of sp³-hybridized carbons (Fsp3) is 0.462. The van der Waals surface area contributed by atoms with Gasteiger partial charge in [0.15, 0.2) is 0 Å². The molecule has 6 heteroatoms. The molecular weight excluding hydrogens is 260 g/mol. The number of primary amides is 1. The average Bonchev–Trinajstić information content (AvgIpc) is 2.37. The summed E-state index contributed by atoms with van der Waals surface area (Å²) in [6, 6.07) is 3.38. The first-order valence-corrected chi connectivity index (χ1v) is 6.74. The van der Waals surface area contributed by atoms with Crippen molar-refractivity contribution in [3.63, 3.8) is 0 Å². The van der Waals surface area contributed by atoms with E-state index in [1.54, 1.807) is 0 Å². The van der Waals surface area contributed by atoms with Gasteiger partial charge >= 0.3 is 0 Å². The van der Waals surface area contributed by atoms with Gasteiger partial charge in [0.1, 0.15) is 16.8 Å². The maximum Gasteiger partial charge on any atom is 0.240 e. The molecule has 4 N–H and O–H groups in total. The number of amides is 1. The van der Waals surface area contributed by atoms with Gasteiger partial charge in [-0.15, -0.1) is 0 Å². The highest BCUT2D eigenvalue weighted by atomic mass is 32.1. The van der Waals surface area contributed by atoms with Crippen LogP contribution in [0.4, 0.5) is 5.82 Å². The number of anilines is 1. The van der Waals surface area contributed by atoms with E-state index in [0.29, 0.717) is 4.99 Å². The molecule has 1 fully saturated rings. The van der Waals surface area contributed by atoms with Crippen LogP contribution in [0, 0.1) is 6.92 Å². The van der Waals surface area contributed by atoms with Gasteiger partial charge in [0.2, 0.25) is 5.91 Å². The summed E-state index contributed by atoms with van der Waals surface area (Å²) in [7, 11) is 0. The van der Waals surface area contributed by atoms with E-state index in [1.165, 1.54) is 0 Å². The standard InChI is InChI=1S/C13H18N4OS/c1-8-6-9(13(15)19)7-11(16-8)17-5-3-2-4-10(17)12(14)18/h6-7,10H,2-5H2,1H3,(H2,14,18)(H2,15,19). The lowest BCUT2D eigenvalue weighted by molar-refractivity contribution is -0.119. The molecule has 1 atom stereocenters. The molecule has 1 aromatic heterocycles. The zero-order chi connectivity index (χ0) is 14.0. The Kier molecular flexibility index (Phi) is 3.99. The number of hydrogen-bond acceptors (Lipinski definition) is 4. The highest BCUT2D eigenvalue weighted by Gasteiger charge is 2.28. The van der Waals surface area contributed by atoms with Gasteiger partial charge in [-0.05, 0) is 38.3 Å². The van der Waals surface area contributed by atoms with Crippen molar-refractivity contribution in [2.45, 2.75) is 32.2 Å². The minimum absolute atomic E-state index is 0.290. The number of carbonyl (C=O) groups is 1. The summed E-state index contributed by atoms with van der Waals surface area (Å²) in [5.74, 6) is 0.422. The summed E-state index contributed by atoms with van der Waals surface area (Å²) >= 11 is 5.00. The van der Waals surface area contributed by atoms with Crippen molar-refractivity contribution in [1.29, 1.82) is 0 Å². The van der Waals surface area contributed by atoms with Crippen LogP contribution in [0.2, 0.25) is 0 Å². The molecule has 1 saturated heterocycles. The zero-order valence-corrected chi connectivity index (χ0v) is 11.7. The number of pyridine rings is 1. The van der Waals surface area contributed by atoms with E-state index in [1.807, 2.05) is 24.0 Å². The fourth-order valence-corrected chi connectivity index (χ4v) is 2.56. The highest BCUT2D eigenvalue weighted by molar-refractivity contribution is 7.80. The second-order valence-electron chi connectivity index (χ2n) is 4.83. The SMILES string of the molecule is Cc1cc(C(N)=S)cc(N2CCCCC2C(N)=O)n1. The maximum atomic E-state index is 11.5. The Morgan fingerprint density at radius 3 is 2.79 bits per heavy atom. The molecule has 5 nitrogen and oxygen atoms in total. The minimum atomic E-state index is -0.306. The predicted octanol–water partition coefficient (Wildman–Crippen LogP) is 0.868. The maximum absolute atomic E-state index is 11.5. The monoisotopic (exact) mass is 278 g/mol. The number of nitrogens with two attached hydrogens (primary N) is 2. The third-order valence-electron chi connectivity index (χ3n) is 3.35. The number of nitrogens with zero attached hydrogens (tertiary/aromatic N) is 2. The van der Waals surface area contributed by atoms with Gasteiger partial charge < -0.3 is 16.4 Å². The first-order valence-electron chi connectivity index (χ1n) is 6.33. The molecule has 2 heterocycles. The van der Waals surface area contributed by atoms with Crippen LogP contribution in [-0.4, -0.2) is 28.5 Å². The first-order chi connectivity index (χ1) is 8.99. The number of aryl methyl sites for hydroxylation is 1. The first kappa shape index (κ1) is 13.7. The summed E-state index contributed by atoms with van der Waals surface area (Å²) < 4.78 is 0. The van der Waals surface area contributed by atoms with Gasteiger partial charge in [-0.3, -0.25) is 4.79 Å². The van der Waals surface area contributed by atoms with Crippen molar-refractivity contribution < 1.29 is 4.79 Å². The molecule has 19 heavy (non-hydrogen) atoms. The van der Waals surface area contributed by atoms with Gasteiger partial charge in [-0.1, -0.05) is 12.2 Å². The fourth-order valence-electron chi connectivity index (χ4n) is 2.44. The summed E-state index contributed by atoms with van der Waals surface area (Å²) in [4.78, 5) is 18.3. The molecule has 0 aromatic carbocycles.